The maximum absolute atomic E-state index is 5.78. The van der Waals surface area contributed by atoms with E-state index in [0.29, 0.717) is 0 Å². The lowest BCUT2D eigenvalue weighted by Gasteiger charge is -2.31. The Kier molecular flexibility index (Phi) is 5.86. The van der Waals surface area contributed by atoms with Gasteiger partial charge in [-0.3, -0.25) is 4.90 Å². The molecule has 1 fully saturated rings. The molecule has 1 heterocycles. The van der Waals surface area contributed by atoms with E-state index >= 15 is 0 Å². The lowest BCUT2D eigenvalue weighted by atomic mass is 10.3. The van der Waals surface area contributed by atoms with Crippen molar-refractivity contribution in [1.29, 1.82) is 0 Å². The van der Waals surface area contributed by atoms with Crippen LogP contribution in [0, 0.1) is 0 Å². The molecule has 0 aromatic heterocycles. The Morgan fingerprint density at radius 2 is 2.39 bits per heavy atom. The van der Waals surface area contributed by atoms with E-state index in [1.807, 2.05) is 24.3 Å². The van der Waals surface area contributed by atoms with Gasteiger partial charge in [0.25, 0.3) is 0 Å². The van der Waals surface area contributed by atoms with Crippen molar-refractivity contribution in [2.24, 2.45) is 0 Å². The topological polar surface area (TPSA) is 12.5 Å². The van der Waals surface area contributed by atoms with Crippen LogP contribution in [0.4, 0.5) is 0 Å². The van der Waals surface area contributed by atoms with Gasteiger partial charge >= 0.3 is 0 Å². The van der Waals surface area contributed by atoms with Gasteiger partial charge in [-0.05, 0) is 24.6 Å². The first kappa shape index (κ1) is 14.2. The molecule has 0 radical (unpaired) electrons. The average molecular weight is 330 g/mol. The van der Waals surface area contributed by atoms with Crippen LogP contribution in [0.3, 0.4) is 0 Å². The van der Waals surface area contributed by atoms with Gasteiger partial charge < -0.3 is 4.74 Å². The third-order valence-electron chi connectivity index (χ3n) is 3.15. The largest absolute Gasteiger partial charge is 0.492 e. The Bertz CT molecular complexity index is 375. The minimum Gasteiger partial charge on any atom is -0.492 e. The zero-order chi connectivity index (χ0) is 12.8. The van der Waals surface area contributed by atoms with Crippen molar-refractivity contribution in [1.82, 2.24) is 4.90 Å². The van der Waals surface area contributed by atoms with Crippen LogP contribution in [0.1, 0.15) is 13.3 Å². The second-order valence-corrected chi connectivity index (χ2v) is 6.83. The van der Waals surface area contributed by atoms with E-state index in [1.54, 1.807) is 0 Å². The molecule has 1 aromatic carbocycles. The van der Waals surface area contributed by atoms with E-state index in [9.17, 15) is 0 Å². The molecule has 1 aliphatic heterocycles. The summed E-state index contributed by atoms with van der Waals surface area (Å²) in [5.41, 5.74) is 0. The highest BCUT2D eigenvalue weighted by Gasteiger charge is 2.18. The first-order valence-electron chi connectivity index (χ1n) is 6.50. The smallest absolute Gasteiger partial charge is 0.120 e. The molecule has 1 aromatic rings. The molecule has 1 saturated heterocycles. The Labute approximate surface area is 122 Å². The lowest BCUT2D eigenvalue weighted by molar-refractivity contribution is 0.212. The van der Waals surface area contributed by atoms with E-state index in [-0.39, 0.29) is 0 Å². The highest BCUT2D eigenvalue weighted by molar-refractivity contribution is 9.10. The van der Waals surface area contributed by atoms with Gasteiger partial charge in [0.05, 0.1) is 0 Å². The van der Waals surface area contributed by atoms with E-state index in [0.717, 1.165) is 28.6 Å². The number of nitrogens with zero attached hydrogens (tertiary/aromatic N) is 1. The number of ether oxygens (including phenoxy) is 1. The van der Waals surface area contributed by atoms with E-state index in [1.165, 1.54) is 25.3 Å². The highest BCUT2D eigenvalue weighted by atomic mass is 79.9. The molecule has 0 amide bonds. The molecule has 0 aliphatic carbocycles. The van der Waals surface area contributed by atoms with Gasteiger partial charge in [0, 0.05) is 35.1 Å². The first-order valence-corrected chi connectivity index (χ1v) is 8.34. The monoisotopic (exact) mass is 329 g/mol. The predicted octanol–water partition coefficient (Wildman–Crippen LogP) is 3.66. The molecule has 0 N–H and O–H groups in total. The second kappa shape index (κ2) is 7.41. The van der Waals surface area contributed by atoms with Crippen molar-refractivity contribution in [2.75, 3.05) is 32.0 Å². The zero-order valence-corrected chi connectivity index (χ0v) is 13.2. The molecule has 18 heavy (non-hydrogen) atoms. The van der Waals surface area contributed by atoms with Crippen molar-refractivity contribution >= 4 is 27.7 Å². The minimum absolute atomic E-state index is 0.775. The van der Waals surface area contributed by atoms with Crippen LogP contribution in [-0.4, -0.2) is 42.1 Å². The van der Waals surface area contributed by atoms with Gasteiger partial charge in [0.15, 0.2) is 0 Å². The van der Waals surface area contributed by atoms with Gasteiger partial charge in [-0.1, -0.05) is 28.9 Å². The summed E-state index contributed by atoms with van der Waals surface area (Å²) >= 11 is 5.56. The summed E-state index contributed by atoms with van der Waals surface area (Å²) in [4.78, 5) is 2.52. The number of benzene rings is 1. The van der Waals surface area contributed by atoms with Crippen LogP contribution in [-0.2, 0) is 0 Å². The molecular weight excluding hydrogens is 310 g/mol. The van der Waals surface area contributed by atoms with Gasteiger partial charge in [-0.2, -0.15) is 11.8 Å². The summed E-state index contributed by atoms with van der Waals surface area (Å²) in [7, 11) is 0. The maximum Gasteiger partial charge on any atom is 0.120 e. The Hall–Kier alpha value is -0.190. The van der Waals surface area contributed by atoms with Crippen LogP contribution in [0.25, 0.3) is 0 Å². The molecule has 4 heteroatoms. The van der Waals surface area contributed by atoms with Gasteiger partial charge in [-0.15, -0.1) is 0 Å². The van der Waals surface area contributed by atoms with Crippen molar-refractivity contribution < 1.29 is 4.74 Å². The number of hydrogen-bond donors (Lipinski definition) is 0. The van der Waals surface area contributed by atoms with Crippen molar-refractivity contribution in [3.8, 4) is 5.75 Å². The van der Waals surface area contributed by atoms with Crippen molar-refractivity contribution in [2.45, 2.75) is 18.6 Å². The molecule has 1 unspecified atom stereocenters. The van der Waals surface area contributed by atoms with Crippen LogP contribution in [0.2, 0.25) is 0 Å². The standard InChI is InChI=1S/C14H20BrNOS/c1-2-14-11-16(7-9-18-14)6-8-17-13-5-3-4-12(15)10-13/h3-5,10,14H,2,6-9,11H2,1H3. The normalized spacial score (nSPS) is 20.9. The first-order chi connectivity index (χ1) is 8.78. The number of halogens is 1. The van der Waals surface area contributed by atoms with E-state index in [4.69, 9.17) is 4.74 Å². The summed E-state index contributed by atoms with van der Waals surface area (Å²) in [5.74, 6) is 2.21. The molecule has 0 saturated carbocycles. The molecular formula is C14H20BrNOS. The van der Waals surface area contributed by atoms with Gasteiger partial charge in [0.1, 0.15) is 12.4 Å². The van der Waals surface area contributed by atoms with Crippen LogP contribution in [0.5, 0.6) is 5.75 Å². The molecule has 2 nitrogen and oxygen atoms in total. The summed E-state index contributed by atoms with van der Waals surface area (Å²) in [6.07, 6.45) is 1.27. The lowest BCUT2D eigenvalue weighted by Crippen LogP contribution is -2.39. The van der Waals surface area contributed by atoms with E-state index < -0.39 is 0 Å². The molecule has 1 aliphatic rings. The van der Waals surface area contributed by atoms with E-state index in [2.05, 4.69) is 39.5 Å². The van der Waals surface area contributed by atoms with Crippen molar-refractivity contribution in [3.63, 3.8) is 0 Å². The molecule has 0 spiro atoms. The SMILES string of the molecule is CCC1CN(CCOc2cccc(Br)c2)CCS1. The fourth-order valence-corrected chi connectivity index (χ4v) is 3.71. The van der Waals surface area contributed by atoms with Crippen molar-refractivity contribution in [3.05, 3.63) is 28.7 Å². The van der Waals surface area contributed by atoms with Gasteiger partial charge in [-0.25, -0.2) is 0 Å². The quantitative estimate of drug-likeness (QED) is 0.818. The Morgan fingerprint density at radius 3 is 3.17 bits per heavy atom. The minimum atomic E-state index is 0.775. The van der Waals surface area contributed by atoms with Crippen LogP contribution < -0.4 is 4.74 Å². The average Bonchev–Trinajstić information content (AvgIpc) is 2.39. The number of thioether (sulfide) groups is 1. The summed E-state index contributed by atoms with van der Waals surface area (Å²) < 4.78 is 6.85. The number of hydrogen-bond acceptors (Lipinski definition) is 3. The fraction of sp³-hybridized carbons (Fsp3) is 0.571. The van der Waals surface area contributed by atoms with Crippen LogP contribution >= 0.6 is 27.7 Å². The zero-order valence-electron chi connectivity index (χ0n) is 10.8. The third kappa shape index (κ3) is 4.48. The predicted molar refractivity (Wildman–Crippen MR) is 82.6 cm³/mol. The molecule has 2 rings (SSSR count). The highest BCUT2D eigenvalue weighted by Crippen LogP contribution is 2.21. The summed E-state index contributed by atoms with van der Waals surface area (Å²) in [6.45, 7) is 6.49. The fourth-order valence-electron chi connectivity index (χ4n) is 2.08. The second-order valence-electron chi connectivity index (χ2n) is 4.51. The van der Waals surface area contributed by atoms with Gasteiger partial charge in [0.2, 0.25) is 0 Å². The maximum atomic E-state index is 5.78. The summed E-state index contributed by atoms with van der Waals surface area (Å²) in [5, 5.41) is 0.810. The molecule has 1 atom stereocenters. The number of rotatable bonds is 5. The molecule has 0 bridgehead atoms. The van der Waals surface area contributed by atoms with Crippen LogP contribution in [0.15, 0.2) is 28.7 Å². The Morgan fingerprint density at radius 1 is 1.50 bits per heavy atom. The summed E-state index contributed by atoms with van der Waals surface area (Å²) in [6, 6.07) is 8.04. The third-order valence-corrected chi connectivity index (χ3v) is 5.02. The Balaban J connectivity index is 1.72. The molecule has 100 valence electrons.